The van der Waals surface area contributed by atoms with E-state index in [1.165, 1.54) is 6.07 Å². The summed E-state index contributed by atoms with van der Waals surface area (Å²) in [5.74, 6) is -1.09. The average molecular weight is 399 g/mol. The first-order valence-corrected chi connectivity index (χ1v) is 7.51. The van der Waals surface area contributed by atoms with Crippen LogP contribution in [0.15, 0.2) is 34.1 Å². The zero-order valence-corrected chi connectivity index (χ0v) is 13.9. The fourth-order valence-electron chi connectivity index (χ4n) is 1.96. The predicted molar refractivity (Wildman–Crippen MR) is 90.3 cm³/mol. The Balaban J connectivity index is 0.000000151. The number of fused-ring (bicyclic) bond motifs is 2. The first-order chi connectivity index (χ1) is 12.3. The van der Waals surface area contributed by atoms with E-state index in [-0.39, 0.29) is 21.5 Å². The van der Waals surface area contributed by atoms with Crippen LogP contribution >= 0.6 is 23.2 Å². The number of aromatic nitrogens is 6. The molecular formula is C14H6Cl2F2N6O2. The number of pyridine rings is 2. The van der Waals surface area contributed by atoms with E-state index in [1.807, 2.05) is 4.98 Å². The van der Waals surface area contributed by atoms with Gasteiger partial charge in [0.05, 0.1) is 23.4 Å². The van der Waals surface area contributed by atoms with Gasteiger partial charge in [0, 0.05) is 12.1 Å². The quantitative estimate of drug-likeness (QED) is 0.346. The molecule has 0 aliphatic heterocycles. The van der Waals surface area contributed by atoms with E-state index in [0.29, 0.717) is 11.0 Å². The van der Waals surface area contributed by atoms with Crippen LogP contribution in [0.3, 0.4) is 0 Å². The van der Waals surface area contributed by atoms with E-state index in [1.54, 1.807) is 0 Å². The summed E-state index contributed by atoms with van der Waals surface area (Å²) in [4.78, 5) is 40.7. The van der Waals surface area contributed by atoms with Crippen LogP contribution in [-0.4, -0.2) is 29.9 Å². The Morgan fingerprint density at radius 2 is 1.54 bits per heavy atom. The van der Waals surface area contributed by atoms with Gasteiger partial charge in [-0.3, -0.25) is 9.78 Å². The summed E-state index contributed by atoms with van der Waals surface area (Å²) in [7, 11) is 0. The number of nitrogens with one attached hydrogen (secondary N) is 2. The van der Waals surface area contributed by atoms with Crippen molar-refractivity contribution in [1.29, 1.82) is 0 Å². The van der Waals surface area contributed by atoms with E-state index in [0.717, 1.165) is 18.5 Å². The summed E-state index contributed by atoms with van der Waals surface area (Å²) < 4.78 is 25.3. The zero-order chi connectivity index (χ0) is 18.8. The lowest BCUT2D eigenvalue weighted by Gasteiger charge is -1.98. The van der Waals surface area contributed by atoms with Gasteiger partial charge in [0.2, 0.25) is 5.28 Å². The SMILES string of the molecule is Fc1cnc2c(Cl)nc(Cl)nc2c1.O=c1[nH]c(=O)c2ncc(F)cc2[nH]1. The van der Waals surface area contributed by atoms with Gasteiger partial charge in [-0.05, 0) is 11.6 Å². The molecule has 0 saturated heterocycles. The molecule has 0 fully saturated rings. The van der Waals surface area contributed by atoms with Crippen LogP contribution in [0, 0.1) is 11.6 Å². The topological polar surface area (TPSA) is 117 Å². The first-order valence-electron chi connectivity index (χ1n) is 6.75. The van der Waals surface area contributed by atoms with Gasteiger partial charge in [0.1, 0.15) is 17.2 Å². The van der Waals surface area contributed by atoms with E-state index in [9.17, 15) is 18.4 Å². The molecule has 12 heteroatoms. The second kappa shape index (κ2) is 7.10. The maximum Gasteiger partial charge on any atom is 0.326 e. The van der Waals surface area contributed by atoms with Crippen LogP contribution < -0.4 is 11.2 Å². The number of rotatable bonds is 0. The van der Waals surface area contributed by atoms with Crippen molar-refractivity contribution >= 4 is 45.3 Å². The molecule has 4 heterocycles. The van der Waals surface area contributed by atoms with Gasteiger partial charge < -0.3 is 4.98 Å². The van der Waals surface area contributed by atoms with Crippen molar-refractivity contribution in [2.45, 2.75) is 0 Å². The van der Waals surface area contributed by atoms with Crippen molar-refractivity contribution in [3.63, 3.8) is 0 Å². The highest BCUT2D eigenvalue weighted by Crippen LogP contribution is 2.19. The third kappa shape index (κ3) is 3.81. The Bertz CT molecular complexity index is 1240. The van der Waals surface area contributed by atoms with Crippen LogP contribution in [0.1, 0.15) is 0 Å². The lowest BCUT2D eigenvalue weighted by atomic mass is 10.3. The number of aromatic amines is 2. The van der Waals surface area contributed by atoms with Gasteiger partial charge in [-0.2, -0.15) is 0 Å². The molecule has 0 radical (unpaired) electrons. The molecule has 26 heavy (non-hydrogen) atoms. The molecule has 0 bridgehead atoms. The minimum absolute atomic E-state index is 0.0148. The third-order valence-corrected chi connectivity index (χ3v) is 3.41. The molecular weight excluding hydrogens is 393 g/mol. The molecule has 0 saturated carbocycles. The van der Waals surface area contributed by atoms with Crippen LogP contribution in [0.5, 0.6) is 0 Å². The van der Waals surface area contributed by atoms with Gasteiger partial charge >= 0.3 is 5.69 Å². The largest absolute Gasteiger partial charge is 0.326 e. The second-order valence-electron chi connectivity index (χ2n) is 4.76. The average Bonchev–Trinajstić information content (AvgIpc) is 2.54. The van der Waals surface area contributed by atoms with Gasteiger partial charge in [-0.1, -0.05) is 11.6 Å². The second-order valence-corrected chi connectivity index (χ2v) is 5.46. The highest BCUT2D eigenvalue weighted by Gasteiger charge is 2.06. The Morgan fingerprint density at radius 1 is 0.885 bits per heavy atom. The Labute approximate surface area is 151 Å². The standard InChI is InChI=1S/C7H2Cl2FN3.C7H4FN3O2/c8-6-5-4(12-7(9)13-6)1-3(10)2-11-5;8-3-1-4-5(9-2-3)6(12)11-7(13)10-4/h1-2H;1-2H,(H2,10,11,12,13). The van der Waals surface area contributed by atoms with Crippen molar-refractivity contribution in [3.05, 3.63) is 67.4 Å². The lowest BCUT2D eigenvalue weighted by Crippen LogP contribution is -2.22. The van der Waals surface area contributed by atoms with Crippen molar-refractivity contribution in [2.75, 3.05) is 0 Å². The summed E-state index contributed by atoms with van der Waals surface area (Å²) in [6, 6.07) is 2.24. The van der Waals surface area contributed by atoms with E-state index in [4.69, 9.17) is 23.2 Å². The summed E-state index contributed by atoms with van der Waals surface area (Å²) in [5, 5.41) is 0.0971. The molecule has 0 unspecified atom stereocenters. The molecule has 0 aromatic carbocycles. The van der Waals surface area contributed by atoms with Gasteiger partial charge in [0.25, 0.3) is 5.56 Å². The van der Waals surface area contributed by atoms with Crippen LogP contribution in [0.25, 0.3) is 22.1 Å². The third-order valence-electron chi connectivity index (χ3n) is 2.98. The summed E-state index contributed by atoms with van der Waals surface area (Å²) >= 11 is 11.2. The molecule has 132 valence electrons. The first kappa shape index (κ1) is 17.8. The van der Waals surface area contributed by atoms with Crippen LogP contribution in [-0.2, 0) is 0 Å². The Kier molecular flexibility index (Phi) is 4.87. The van der Waals surface area contributed by atoms with Crippen molar-refractivity contribution in [2.24, 2.45) is 0 Å². The minimum atomic E-state index is -0.676. The fourth-order valence-corrected chi connectivity index (χ4v) is 2.41. The zero-order valence-electron chi connectivity index (χ0n) is 12.4. The monoisotopic (exact) mass is 398 g/mol. The number of nitrogens with zero attached hydrogens (tertiary/aromatic N) is 4. The van der Waals surface area contributed by atoms with Gasteiger partial charge in [-0.15, -0.1) is 0 Å². The number of halogens is 4. The number of H-pyrrole nitrogens is 2. The smallest absolute Gasteiger partial charge is 0.305 e. The molecule has 0 amide bonds. The molecule has 8 nitrogen and oxygen atoms in total. The molecule has 0 aliphatic carbocycles. The molecule has 4 rings (SSSR count). The van der Waals surface area contributed by atoms with Crippen LogP contribution in [0.2, 0.25) is 10.4 Å². The molecule has 0 spiro atoms. The Morgan fingerprint density at radius 3 is 2.27 bits per heavy atom. The maximum atomic E-state index is 12.7. The molecule has 0 aliphatic rings. The van der Waals surface area contributed by atoms with E-state index in [2.05, 4.69) is 24.9 Å². The predicted octanol–water partition coefficient (Wildman–Crippen LogP) is 2.22. The number of hydrogen-bond acceptors (Lipinski definition) is 6. The lowest BCUT2D eigenvalue weighted by molar-refractivity contribution is 0.623. The van der Waals surface area contributed by atoms with E-state index >= 15 is 0 Å². The summed E-state index contributed by atoms with van der Waals surface area (Å²) in [5.41, 5.74) is -0.559. The van der Waals surface area contributed by atoms with E-state index < -0.39 is 22.9 Å². The molecule has 0 atom stereocenters. The van der Waals surface area contributed by atoms with Gasteiger partial charge in [0.15, 0.2) is 10.7 Å². The normalized spacial score (nSPS) is 10.6. The Hall–Kier alpha value is -2.98. The minimum Gasteiger partial charge on any atom is -0.305 e. The highest BCUT2D eigenvalue weighted by molar-refractivity contribution is 6.35. The van der Waals surface area contributed by atoms with Crippen molar-refractivity contribution < 1.29 is 8.78 Å². The molecule has 4 aromatic heterocycles. The van der Waals surface area contributed by atoms with Gasteiger partial charge in [-0.25, -0.2) is 33.5 Å². The molecule has 2 N–H and O–H groups in total. The summed E-state index contributed by atoms with van der Waals surface area (Å²) in [6.07, 6.45) is 1.96. The molecule has 4 aromatic rings. The van der Waals surface area contributed by atoms with Crippen molar-refractivity contribution in [1.82, 2.24) is 29.9 Å². The summed E-state index contributed by atoms with van der Waals surface area (Å²) in [6.45, 7) is 0. The number of hydrogen-bond donors (Lipinski definition) is 2. The van der Waals surface area contributed by atoms with Crippen LogP contribution in [0.4, 0.5) is 8.78 Å². The highest BCUT2D eigenvalue weighted by atomic mass is 35.5. The maximum absolute atomic E-state index is 12.7. The fraction of sp³-hybridized carbons (Fsp3) is 0. The van der Waals surface area contributed by atoms with Crippen molar-refractivity contribution in [3.8, 4) is 0 Å².